The molecule has 0 N–H and O–H groups in total. The van der Waals surface area contributed by atoms with Crippen molar-refractivity contribution in [1.29, 1.82) is 0 Å². The van der Waals surface area contributed by atoms with Gasteiger partial charge in [-0.3, -0.25) is 4.79 Å². The highest BCUT2D eigenvalue weighted by molar-refractivity contribution is 5.79. The Balaban J connectivity index is 2.87. The number of carbonyl (C=O) groups is 1. The van der Waals surface area contributed by atoms with Crippen molar-refractivity contribution >= 4 is 6.29 Å². The minimum absolute atomic E-state index is 0.159. The Kier molecular flexibility index (Phi) is 4.13. The number of hydrogen-bond acceptors (Lipinski definition) is 3. The predicted octanol–water partition coefficient (Wildman–Crippen LogP) is 2.04. The van der Waals surface area contributed by atoms with Gasteiger partial charge in [0, 0.05) is 7.11 Å². The molecule has 0 radical (unpaired) electrons. The third-order valence-corrected chi connectivity index (χ3v) is 1.94. The van der Waals surface area contributed by atoms with Gasteiger partial charge in [-0.05, 0) is 24.1 Å². The average molecular weight is 194 g/mol. The van der Waals surface area contributed by atoms with Crippen LogP contribution >= 0.6 is 0 Å². The lowest BCUT2D eigenvalue weighted by atomic mass is 10.1. The van der Waals surface area contributed by atoms with E-state index >= 15 is 0 Å². The molecule has 0 saturated carbocycles. The van der Waals surface area contributed by atoms with Crippen LogP contribution in [-0.2, 0) is 11.2 Å². The van der Waals surface area contributed by atoms with Crippen LogP contribution in [0.5, 0.6) is 5.75 Å². The summed E-state index contributed by atoms with van der Waals surface area (Å²) in [6.07, 6.45) is 1.70. The third-order valence-electron chi connectivity index (χ3n) is 1.94. The van der Waals surface area contributed by atoms with Crippen molar-refractivity contribution in [2.75, 3.05) is 13.9 Å². The first kappa shape index (κ1) is 10.7. The molecule has 0 unspecified atom stereocenters. The molecule has 0 saturated heterocycles. The summed E-state index contributed by atoms with van der Waals surface area (Å²) < 4.78 is 9.99. The second-order valence-electron chi connectivity index (χ2n) is 2.89. The Hall–Kier alpha value is -1.35. The topological polar surface area (TPSA) is 35.5 Å². The van der Waals surface area contributed by atoms with Gasteiger partial charge in [0.2, 0.25) is 0 Å². The summed E-state index contributed by atoms with van der Waals surface area (Å²) in [6, 6.07) is 5.57. The van der Waals surface area contributed by atoms with E-state index in [0.29, 0.717) is 11.3 Å². The van der Waals surface area contributed by atoms with Crippen molar-refractivity contribution in [2.45, 2.75) is 13.3 Å². The molecule has 0 aliphatic carbocycles. The standard InChI is InChI=1S/C11H14O3/c1-3-9-4-5-11(14-8-13-2)10(6-9)7-12/h4-7H,3,8H2,1-2H3. The molecule has 0 aliphatic rings. The Morgan fingerprint density at radius 1 is 1.43 bits per heavy atom. The molecule has 14 heavy (non-hydrogen) atoms. The Bertz CT molecular complexity index is 307. The molecule has 0 bridgehead atoms. The fraction of sp³-hybridized carbons (Fsp3) is 0.364. The number of hydrogen-bond donors (Lipinski definition) is 0. The van der Waals surface area contributed by atoms with Gasteiger partial charge in [0.05, 0.1) is 5.56 Å². The number of carbonyl (C=O) groups excluding carboxylic acids is 1. The maximum absolute atomic E-state index is 10.7. The largest absolute Gasteiger partial charge is 0.467 e. The number of aryl methyl sites for hydroxylation is 1. The smallest absolute Gasteiger partial charge is 0.188 e. The average Bonchev–Trinajstić information content (AvgIpc) is 2.26. The predicted molar refractivity (Wildman–Crippen MR) is 53.7 cm³/mol. The molecule has 0 atom stereocenters. The monoisotopic (exact) mass is 194 g/mol. The highest BCUT2D eigenvalue weighted by Gasteiger charge is 2.03. The number of methoxy groups -OCH3 is 1. The van der Waals surface area contributed by atoms with E-state index < -0.39 is 0 Å². The highest BCUT2D eigenvalue weighted by Crippen LogP contribution is 2.18. The van der Waals surface area contributed by atoms with Crippen LogP contribution in [0.15, 0.2) is 18.2 Å². The Morgan fingerprint density at radius 2 is 2.21 bits per heavy atom. The van der Waals surface area contributed by atoms with Gasteiger partial charge < -0.3 is 9.47 Å². The van der Waals surface area contributed by atoms with Crippen LogP contribution in [0, 0.1) is 0 Å². The van der Waals surface area contributed by atoms with Crippen LogP contribution < -0.4 is 4.74 Å². The van der Waals surface area contributed by atoms with Crippen molar-refractivity contribution in [3.63, 3.8) is 0 Å². The maximum atomic E-state index is 10.7. The van der Waals surface area contributed by atoms with Crippen LogP contribution in [0.4, 0.5) is 0 Å². The summed E-state index contributed by atoms with van der Waals surface area (Å²) in [5, 5.41) is 0. The molecule has 3 nitrogen and oxygen atoms in total. The molecule has 0 aliphatic heterocycles. The lowest BCUT2D eigenvalue weighted by molar-refractivity contribution is 0.0505. The van der Waals surface area contributed by atoms with Crippen molar-refractivity contribution in [3.05, 3.63) is 29.3 Å². The minimum atomic E-state index is 0.159. The molecule has 76 valence electrons. The van der Waals surface area contributed by atoms with E-state index in [1.165, 1.54) is 0 Å². The zero-order valence-corrected chi connectivity index (χ0v) is 8.45. The lowest BCUT2D eigenvalue weighted by Crippen LogP contribution is -2.01. The summed E-state index contributed by atoms with van der Waals surface area (Å²) in [4.78, 5) is 10.7. The van der Waals surface area contributed by atoms with Gasteiger partial charge in [0.25, 0.3) is 0 Å². The number of rotatable bonds is 5. The zero-order chi connectivity index (χ0) is 10.4. The summed E-state index contributed by atoms with van der Waals surface area (Å²) in [5.41, 5.74) is 1.69. The second kappa shape index (κ2) is 5.40. The molecular weight excluding hydrogens is 180 g/mol. The first-order chi connectivity index (χ1) is 6.81. The SMILES string of the molecule is CCc1ccc(OCOC)c(C=O)c1. The van der Waals surface area contributed by atoms with E-state index in [1.54, 1.807) is 13.2 Å². The van der Waals surface area contributed by atoms with Crippen LogP contribution in [0.3, 0.4) is 0 Å². The van der Waals surface area contributed by atoms with Gasteiger partial charge in [-0.25, -0.2) is 0 Å². The van der Waals surface area contributed by atoms with Gasteiger partial charge in [-0.2, -0.15) is 0 Å². The van der Waals surface area contributed by atoms with E-state index in [2.05, 4.69) is 0 Å². The summed E-state index contributed by atoms with van der Waals surface area (Å²) in [5.74, 6) is 0.569. The molecule has 1 aromatic rings. The first-order valence-corrected chi connectivity index (χ1v) is 4.51. The molecule has 3 heteroatoms. The fourth-order valence-electron chi connectivity index (χ4n) is 1.16. The number of benzene rings is 1. The van der Waals surface area contributed by atoms with Gasteiger partial charge in [-0.1, -0.05) is 13.0 Å². The summed E-state index contributed by atoms with van der Waals surface area (Å²) >= 11 is 0. The van der Waals surface area contributed by atoms with Crippen molar-refractivity contribution in [3.8, 4) is 5.75 Å². The second-order valence-corrected chi connectivity index (χ2v) is 2.89. The van der Waals surface area contributed by atoms with Gasteiger partial charge in [-0.15, -0.1) is 0 Å². The van der Waals surface area contributed by atoms with Crippen LogP contribution in [0.1, 0.15) is 22.8 Å². The van der Waals surface area contributed by atoms with Crippen molar-refractivity contribution < 1.29 is 14.3 Å². The summed E-state index contributed by atoms with van der Waals surface area (Å²) in [6.45, 7) is 2.20. The Labute approximate surface area is 83.6 Å². The maximum Gasteiger partial charge on any atom is 0.188 e. The van der Waals surface area contributed by atoms with Gasteiger partial charge in [0.15, 0.2) is 13.1 Å². The van der Waals surface area contributed by atoms with E-state index in [-0.39, 0.29) is 6.79 Å². The van der Waals surface area contributed by atoms with Gasteiger partial charge in [0.1, 0.15) is 5.75 Å². The number of aldehydes is 1. The van der Waals surface area contributed by atoms with E-state index in [1.807, 2.05) is 19.1 Å². The molecule has 0 amide bonds. The normalized spacial score (nSPS) is 9.86. The summed E-state index contributed by atoms with van der Waals surface area (Å²) in [7, 11) is 1.54. The van der Waals surface area contributed by atoms with E-state index in [9.17, 15) is 4.79 Å². The van der Waals surface area contributed by atoms with Gasteiger partial charge >= 0.3 is 0 Å². The zero-order valence-electron chi connectivity index (χ0n) is 8.45. The molecule has 0 spiro atoms. The van der Waals surface area contributed by atoms with Crippen molar-refractivity contribution in [2.24, 2.45) is 0 Å². The molecule has 1 aromatic carbocycles. The third kappa shape index (κ3) is 2.57. The first-order valence-electron chi connectivity index (χ1n) is 4.51. The lowest BCUT2D eigenvalue weighted by Gasteiger charge is -2.07. The minimum Gasteiger partial charge on any atom is -0.467 e. The molecule has 0 aromatic heterocycles. The number of ether oxygens (including phenoxy) is 2. The molecule has 1 rings (SSSR count). The highest BCUT2D eigenvalue weighted by atomic mass is 16.7. The molecule has 0 fully saturated rings. The molecular formula is C11H14O3. The van der Waals surface area contributed by atoms with Crippen molar-refractivity contribution in [1.82, 2.24) is 0 Å². The van der Waals surface area contributed by atoms with Crippen LogP contribution in [-0.4, -0.2) is 20.2 Å². The Morgan fingerprint density at radius 3 is 2.79 bits per heavy atom. The fourth-order valence-corrected chi connectivity index (χ4v) is 1.16. The quantitative estimate of drug-likeness (QED) is 0.531. The van der Waals surface area contributed by atoms with Crippen LogP contribution in [0.25, 0.3) is 0 Å². The van der Waals surface area contributed by atoms with E-state index in [0.717, 1.165) is 18.3 Å². The molecule has 0 heterocycles. The van der Waals surface area contributed by atoms with E-state index in [4.69, 9.17) is 9.47 Å². The van der Waals surface area contributed by atoms with Crippen LogP contribution in [0.2, 0.25) is 0 Å².